The van der Waals surface area contributed by atoms with Crippen molar-refractivity contribution < 1.29 is 9.47 Å². The maximum Gasteiger partial charge on any atom is 0.119 e. The first-order valence-corrected chi connectivity index (χ1v) is 6.88. The van der Waals surface area contributed by atoms with Crippen molar-refractivity contribution in [3.8, 4) is 11.5 Å². The van der Waals surface area contributed by atoms with Crippen molar-refractivity contribution in [1.29, 1.82) is 0 Å². The van der Waals surface area contributed by atoms with E-state index in [2.05, 4.69) is 11.8 Å². The molecule has 0 aliphatic heterocycles. The summed E-state index contributed by atoms with van der Waals surface area (Å²) in [6.45, 7) is 5.75. The Kier molecular flexibility index (Phi) is 7.62. The van der Waals surface area contributed by atoms with Gasteiger partial charge in [-0.3, -0.25) is 4.90 Å². The molecule has 0 unspecified atom stereocenters. The van der Waals surface area contributed by atoms with Crippen LogP contribution in [-0.4, -0.2) is 44.1 Å². The zero-order valence-corrected chi connectivity index (χ0v) is 11.9. The Bertz CT molecular complexity index is 310. The maximum absolute atomic E-state index is 5.76. The van der Waals surface area contributed by atoms with Crippen LogP contribution in [0.3, 0.4) is 0 Å². The monoisotopic (exact) mass is 271 g/mol. The fourth-order valence-electron chi connectivity index (χ4n) is 1.74. The number of rotatable bonds is 9. The number of methoxy groups -OCH3 is 1. The molecule has 0 heterocycles. The van der Waals surface area contributed by atoms with Crippen LogP contribution in [0.25, 0.3) is 0 Å². The molecule has 1 rings (SSSR count). The van der Waals surface area contributed by atoms with Crippen molar-refractivity contribution in [2.75, 3.05) is 39.2 Å². The molecular formula is C14H22ClNO2. The normalized spacial score (nSPS) is 10.7. The summed E-state index contributed by atoms with van der Waals surface area (Å²) in [5.74, 6) is 2.39. The van der Waals surface area contributed by atoms with Crippen LogP contribution in [0, 0.1) is 0 Å². The highest BCUT2D eigenvalue weighted by molar-refractivity contribution is 6.18. The van der Waals surface area contributed by atoms with Gasteiger partial charge in [0.25, 0.3) is 0 Å². The highest BCUT2D eigenvalue weighted by Gasteiger charge is 2.03. The van der Waals surface area contributed by atoms with E-state index in [-0.39, 0.29) is 0 Å². The summed E-state index contributed by atoms with van der Waals surface area (Å²) >= 11 is 5.76. The number of hydrogen-bond acceptors (Lipinski definition) is 3. The molecule has 18 heavy (non-hydrogen) atoms. The zero-order chi connectivity index (χ0) is 13.2. The van der Waals surface area contributed by atoms with E-state index in [0.717, 1.165) is 37.6 Å². The zero-order valence-electron chi connectivity index (χ0n) is 11.2. The summed E-state index contributed by atoms with van der Waals surface area (Å²) < 4.78 is 10.8. The second-order valence-corrected chi connectivity index (χ2v) is 4.43. The van der Waals surface area contributed by atoms with E-state index in [1.165, 1.54) is 0 Å². The van der Waals surface area contributed by atoms with Crippen LogP contribution < -0.4 is 9.47 Å². The molecule has 0 aliphatic rings. The average Bonchev–Trinajstić information content (AvgIpc) is 2.40. The molecule has 1 aromatic carbocycles. The SMILES string of the molecule is CCCN(CCCl)CCOc1ccc(OC)cc1. The third-order valence-corrected chi connectivity index (χ3v) is 2.85. The van der Waals surface area contributed by atoms with E-state index in [0.29, 0.717) is 12.5 Å². The second kappa shape index (κ2) is 9.06. The molecule has 0 atom stereocenters. The molecule has 0 aliphatic carbocycles. The van der Waals surface area contributed by atoms with Crippen molar-refractivity contribution in [2.45, 2.75) is 13.3 Å². The molecule has 0 bridgehead atoms. The lowest BCUT2D eigenvalue weighted by Gasteiger charge is -2.20. The summed E-state index contributed by atoms with van der Waals surface area (Å²) in [5, 5.41) is 0. The van der Waals surface area contributed by atoms with Crippen molar-refractivity contribution in [3.05, 3.63) is 24.3 Å². The topological polar surface area (TPSA) is 21.7 Å². The predicted octanol–water partition coefficient (Wildman–Crippen LogP) is 3.02. The van der Waals surface area contributed by atoms with Crippen molar-refractivity contribution in [1.82, 2.24) is 4.90 Å². The number of alkyl halides is 1. The van der Waals surface area contributed by atoms with Crippen LogP contribution in [0.2, 0.25) is 0 Å². The number of hydrogen-bond donors (Lipinski definition) is 0. The molecule has 0 fully saturated rings. The van der Waals surface area contributed by atoms with Crippen LogP contribution in [-0.2, 0) is 0 Å². The Morgan fingerprint density at radius 2 is 1.72 bits per heavy atom. The third kappa shape index (κ3) is 5.61. The molecule has 1 aromatic rings. The summed E-state index contributed by atoms with van der Waals surface area (Å²) in [6.07, 6.45) is 1.14. The average molecular weight is 272 g/mol. The summed E-state index contributed by atoms with van der Waals surface area (Å²) in [6, 6.07) is 7.64. The summed E-state index contributed by atoms with van der Waals surface area (Å²) in [5.41, 5.74) is 0. The van der Waals surface area contributed by atoms with Crippen molar-refractivity contribution >= 4 is 11.6 Å². The molecule has 0 aromatic heterocycles. The summed E-state index contributed by atoms with van der Waals surface area (Å²) in [4.78, 5) is 2.32. The highest BCUT2D eigenvalue weighted by Crippen LogP contribution is 2.16. The minimum absolute atomic E-state index is 0.669. The first kappa shape index (κ1) is 15.1. The van der Waals surface area contributed by atoms with Gasteiger partial charge >= 0.3 is 0 Å². The molecule has 4 heteroatoms. The molecule has 0 radical (unpaired) electrons. The quantitative estimate of drug-likeness (QED) is 0.645. The van der Waals surface area contributed by atoms with Crippen molar-refractivity contribution in [3.63, 3.8) is 0 Å². The Morgan fingerprint density at radius 3 is 2.28 bits per heavy atom. The van der Waals surface area contributed by atoms with E-state index in [4.69, 9.17) is 21.1 Å². The smallest absolute Gasteiger partial charge is 0.119 e. The number of benzene rings is 1. The molecule has 3 nitrogen and oxygen atoms in total. The predicted molar refractivity (Wildman–Crippen MR) is 75.9 cm³/mol. The van der Waals surface area contributed by atoms with Gasteiger partial charge in [0.05, 0.1) is 7.11 Å². The molecule has 0 saturated heterocycles. The fraction of sp³-hybridized carbons (Fsp3) is 0.571. The Hall–Kier alpha value is -0.930. The van der Waals surface area contributed by atoms with Gasteiger partial charge in [-0.15, -0.1) is 11.6 Å². The van der Waals surface area contributed by atoms with Crippen LogP contribution in [0.5, 0.6) is 11.5 Å². The molecule has 0 N–H and O–H groups in total. The molecule has 0 spiro atoms. The van der Waals surface area contributed by atoms with Gasteiger partial charge in [0.15, 0.2) is 0 Å². The van der Waals surface area contributed by atoms with E-state index in [1.54, 1.807) is 7.11 Å². The van der Waals surface area contributed by atoms with Gasteiger partial charge in [0.2, 0.25) is 0 Å². The standard InChI is InChI=1S/C14H22ClNO2/c1-3-9-16(10-8-15)11-12-18-14-6-4-13(17-2)5-7-14/h4-7H,3,8-12H2,1-2H3. The third-order valence-electron chi connectivity index (χ3n) is 2.68. The lowest BCUT2D eigenvalue weighted by atomic mass is 10.3. The van der Waals surface area contributed by atoms with Gasteiger partial charge in [0.1, 0.15) is 18.1 Å². The van der Waals surface area contributed by atoms with E-state index in [1.807, 2.05) is 24.3 Å². The minimum Gasteiger partial charge on any atom is -0.497 e. The summed E-state index contributed by atoms with van der Waals surface area (Å²) in [7, 11) is 1.66. The number of nitrogens with zero attached hydrogens (tertiary/aromatic N) is 1. The number of halogens is 1. The first-order valence-electron chi connectivity index (χ1n) is 6.35. The van der Waals surface area contributed by atoms with Crippen LogP contribution >= 0.6 is 11.6 Å². The van der Waals surface area contributed by atoms with Crippen molar-refractivity contribution in [2.24, 2.45) is 0 Å². The van der Waals surface area contributed by atoms with E-state index in [9.17, 15) is 0 Å². The van der Waals surface area contributed by atoms with Gasteiger partial charge in [-0.1, -0.05) is 6.92 Å². The molecule has 102 valence electrons. The van der Waals surface area contributed by atoms with Gasteiger partial charge in [-0.25, -0.2) is 0 Å². The van der Waals surface area contributed by atoms with Gasteiger partial charge < -0.3 is 9.47 Å². The molecule has 0 saturated carbocycles. The van der Waals surface area contributed by atoms with Crippen LogP contribution in [0.4, 0.5) is 0 Å². The molecular weight excluding hydrogens is 250 g/mol. The van der Waals surface area contributed by atoms with Gasteiger partial charge in [-0.2, -0.15) is 0 Å². The Balaban J connectivity index is 2.30. The van der Waals surface area contributed by atoms with E-state index < -0.39 is 0 Å². The largest absolute Gasteiger partial charge is 0.497 e. The fourth-order valence-corrected chi connectivity index (χ4v) is 1.97. The van der Waals surface area contributed by atoms with Gasteiger partial charge in [-0.05, 0) is 37.2 Å². The Morgan fingerprint density at radius 1 is 1.06 bits per heavy atom. The Labute approximate surface area is 115 Å². The van der Waals surface area contributed by atoms with E-state index >= 15 is 0 Å². The van der Waals surface area contributed by atoms with Crippen LogP contribution in [0.15, 0.2) is 24.3 Å². The minimum atomic E-state index is 0.669. The lowest BCUT2D eigenvalue weighted by Crippen LogP contribution is -2.31. The first-order chi connectivity index (χ1) is 8.80. The van der Waals surface area contributed by atoms with Gasteiger partial charge in [0, 0.05) is 19.0 Å². The molecule has 0 amide bonds. The lowest BCUT2D eigenvalue weighted by molar-refractivity contribution is 0.216. The van der Waals surface area contributed by atoms with Crippen LogP contribution in [0.1, 0.15) is 13.3 Å². The maximum atomic E-state index is 5.76. The highest BCUT2D eigenvalue weighted by atomic mass is 35.5. The number of ether oxygens (including phenoxy) is 2. The second-order valence-electron chi connectivity index (χ2n) is 4.05.